The first-order valence-electron chi connectivity index (χ1n) is 5.85. The number of hydrogen-bond acceptors (Lipinski definition) is 3. The number of nitrogens with zero attached hydrogens (tertiary/aromatic N) is 3. The molecule has 0 radical (unpaired) electrons. The average molecular weight is 288 g/mol. The van der Waals surface area contributed by atoms with Gasteiger partial charge in [-0.15, -0.1) is 23.2 Å². The minimum atomic E-state index is 0.549. The van der Waals surface area contributed by atoms with Crippen molar-refractivity contribution in [2.45, 2.75) is 0 Å². The molecule has 0 aliphatic rings. The third-order valence-corrected chi connectivity index (χ3v) is 2.80. The van der Waals surface area contributed by atoms with Gasteiger partial charge in [0, 0.05) is 44.6 Å². The number of alkyl halides is 2. The Bertz CT molecular complexity index is 357. The van der Waals surface area contributed by atoms with Crippen molar-refractivity contribution in [2.24, 2.45) is 5.10 Å². The summed E-state index contributed by atoms with van der Waals surface area (Å²) in [5.41, 5.74) is 2.24. The Morgan fingerprint density at radius 2 is 1.61 bits per heavy atom. The van der Waals surface area contributed by atoms with Gasteiger partial charge in [0.1, 0.15) is 0 Å². The van der Waals surface area contributed by atoms with Gasteiger partial charge in [-0.05, 0) is 17.7 Å². The van der Waals surface area contributed by atoms with Gasteiger partial charge in [0.2, 0.25) is 0 Å². The van der Waals surface area contributed by atoms with Crippen LogP contribution in [0, 0.1) is 0 Å². The summed E-state index contributed by atoms with van der Waals surface area (Å²) >= 11 is 11.4. The van der Waals surface area contributed by atoms with E-state index in [9.17, 15) is 0 Å². The summed E-state index contributed by atoms with van der Waals surface area (Å²) in [5, 5.41) is 6.25. The Morgan fingerprint density at radius 3 is 2.06 bits per heavy atom. The predicted octanol–water partition coefficient (Wildman–Crippen LogP) is 2.87. The van der Waals surface area contributed by atoms with Crippen molar-refractivity contribution in [3.8, 4) is 0 Å². The highest BCUT2D eigenvalue weighted by Crippen LogP contribution is 2.11. The molecule has 0 bridgehead atoms. The SMILES string of the molecule is CN(C)c1ccc(/C=N\N(CCCl)CCCl)cc1. The lowest BCUT2D eigenvalue weighted by atomic mass is 10.2. The fourth-order valence-corrected chi connectivity index (χ4v) is 1.82. The summed E-state index contributed by atoms with van der Waals surface area (Å²) in [6, 6.07) is 8.21. The largest absolute Gasteiger partial charge is 0.378 e. The molecule has 0 atom stereocenters. The smallest absolute Gasteiger partial charge is 0.0542 e. The molecule has 100 valence electrons. The minimum absolute atomic E-state index is 0.549. The molecule has 3 nitrogen and oxygen atoms in total. The van der Waals surface area contributed by atoms with E-state index in [1.165, 1.54) is 5.69 Å². The Morgan fingerprint density at radius 1 is 1.06 bits per heavy atom. The third-order valence-electron chi connectivity index (χ3n) is 2.46. The number of halogens is 2. The molecule has 0 saturated carbocycles. The average Bonchev–Trinajstić information content (AvgIpc) is 2.37. The van der Waals surface area contributed by atoms with Crippen molar-refractivity contribution in [1.29, 1.82) is 0 Å². The van der Waals surface area contributed by atoms with Crippen LogP contribution in [0.4, 0.5) is 5.69 Å². The van der Waals surface area contributed by atoms with Gasteiger partial charge in [-0.3, -0.25) is 5.01 Å². The Labute approximate surface area is 119 Å². The Hall–Kier alpha value is -0.930. The normalized spacial score (nSPS) is 10.9. The third kappa shape index (κ3) is 5.15. The highest BCUT2D eigenvalue weighted by molar-refractivity contribution is 6.18. The summed E-state index contributed by atoms with van der Waals surface area (Å²) in [4.78, 5) is 2.06. The lowest BCUT2D eigenvalue weighted by molar-refractivity contribution is 0.327. The lowest BCUT2D eigenvalue weighted by Crippen LogP contribution is -2.22. The first-order chi connectivity index (χ1) is 8.67. The van der Waals surface area contributed by atoms with E-state index < -0.39 is 0 Å². The van der Waals surface area contributed by atoms with Gasteiger partial charge in [-0.25, -0.2) is 0 Å². The van der Waals surface area contributed by atoms with Crippen LogP contribution in [-0.4, -0.2) is 50.2 Å². The van der Waals surface area contributed by atoms with Crippen LogP contribution in [0.1, 0.15) is 5.56 Å². The quantitative estimate of drug-likeness (QED) is 0.436. The summed E-state index contributed by atoms with van der Waals surface area (Å²) in [6.07, 6.45) is 1.83. The van der Waals surface area contributed by atoms with Crippen LogP contribution in [0.15, 0.2) is 29.4 Å². The molecule has 0 amide bonds. The molecule has 1 aromatic rings. The summed E-state index contributed by atoms with van der Waals surface area (Å²) in [5.74, 6) is 1.10. The maximum Gasteiger partial charge on any atom is 0.0542 e. The molecule has 0 aromatic heterocycles. The Balaban J connectivity index is 2.64. The zero-order valence-electron chi connectivity index (χ0n) is 10.8. The van der Waals surface area contributed by atoms with Crippen LogP contribution in [0.25, 0.3) is 0 Å². The van der Waals surface area contributed by atoms with Crippen molar-refractivity contribution in [2.75, 3.05) is 43.8 Å². The van der Waals surface area contributed by atoms with Crippen molar-refractivity contribution < 1.29 is 0 Å². The van der Waals surface area contributed by atoms with Crippen LogP contribution < -0.4 is 4.90 Å². The molecule has 0 saturated heterocycles. The zero-order chi connectivity index (χ0) is 13.4. The number of rotatable bonds is 7. The summed E-state index contributed by atoms with van der Waals surface area (Å²) < 4.78 is 0. The summed E-state index contributed by atoms with van der Waals surface area (Å²) in [7, 11) is 4.04. The first-order valence-corrected chi connectivity index (χ1v) is 6.92. The summed E-state index contributed by atoms with van der Waals surface area (Å²) in [6.45, 7) is 1.42. The van der Waals surface area contributed by atoms with Gasteiger partial charge >= 0.3 is 0 Å². The van der Waals surface area contributed by atoms with Gasteiger partial charge in [0.05, 0.1) is 6.21 Å². The molecule has 0 unspecified atom stereocenters. The van der Waals surface area contributed by atoms with Crippen molar-refractivity contribution in [3.63, 3.8) is 0 Å². The number of hydrazone groups is 1. The van der Waals surface area contributed by atoms with Crippen LogP contribution in [0.3, 0.4) is 0 Å². The Kier molecular flexibility index (Phi) is 6.91. The molecule has 0 N–H and O–H groups in total. The molecule has 0 aliphatic carbocycles. The van der Waals surface area contributed by atoms with E-state index in [4.69, 9.17) is 23.2 Å². The van der Waals surface area contributed by atoms with Gasteiger partial charge < -0.3 is 4.90 Å². The molecule has 1 aromatic carbocycles. The van der Waals surface area contributed by atoms with Crippen LogP contribution in [0.5, 0.6) is 0 Å². The maximum absolute atomic E-state index is 5.71. The fraction of sp³-hybridized carbons (Fsp3) is 0.462. The lowest BCUT2D eigenvalue weighted by Gasteiger charge is -2.16. The van der Waals surface area contributed by atoms with Crippen LogP contribution in [0.2, 0.25) is 0 Å². The number of benzene rings is 1. The minimum Gasteiger partial charge on any atom is -0.378 e. The van der Waals surface area contributed by atoms with E-state index in [1.807, 2.05) is 37.5 Å². The fourth-order valence-electron chi connectivity index (χ4n) is 1.43. The molecule has 0 spiro atoms. The second kappa shape index (κ2) is 8.22. The molecular weight excluding hydrogens is 269 g/mol. The van der Waals surface area contributed by atoms with E-state index in [1.54, 1.807) is 0 Å². The second-order valence-corrected chi connectivity index (χ2v) is 4.82. The van der Waals surface area contributed by atoms with Gasteiger partial charge in [-0.2, -0.15) is 5.10 Å². The maximum atomic E-state index is 5.71. The molecule has 0 heterocycles. The molecular formula is C13H19Cl2N3. The monoisotopic (exact) mass is 287 g/mol. The highest BCUT2D eigenvalue weighted by Gasteiger charge is 1.98. The molecule has 0 fully saturated rings. The van der Waals surface area contributed by atoms with E-state index in [0.717, 1.165) is 5.56 Å². The number of hydrogen-bond donors (Lipinski definition) is 0. The van der Waals surface area contributed by atoms with E-state index >= 15 is 0 Å². The van der Waals surface area contributed by atoms with E-state index in [2.05, 4.69) is 22.1 Å². The van der Waals surface area contributed by atoms with Gasteiger partial charge in [0.15, 0.2) is 0 Å². The van der Waals surface area contributed by atoms with Crippen molar-refractivity contribution in [1.82, 2.24) is 5.01 Å². The van der Waals surface area contributed by atoms with Crippen molar-refractivity contribution >= 4 is 35.1 Å². The standard InChI is InChI=1S/C13H19Cl2N3/c1-17(2)13-5-3-12(4-6-13)11-16-18(9-7-14)10-8-15/h3-6,11H,7-10H2,1-2H3/b16-11-. The zero-order valence-corrected chi connectivity index (χ0v) is 12.3. The first kappa shape index (κ1) is 15.1. The topological polar surface area (TPSA) is 18.8 Å². The number of anilines is 1. The molecule has 18 heavy (non-hydrogen) atoms. The predicted molar refractivity (Wildman–Crippen MR) is 81.4 cm³/mol. The van der Waals surface area contributed by atoms with E-state index in [-0.39, 0.29) is 0 Å². The van der Waals surface area contributed by atoms with Crippen LogP contribution >= 0.6 is 23.2 Å². The van der Waals surface area contributed by atoms with Crippen LogP contribution in [-0.2, 0) is 0 Å². The highest BCUT2D eigenvalue weighted by atomic mass is 35.5. The second-order valence-electron chi connectivity index (χ2n) is 4.06. The van der Waals surface area contributed by atoms with Gasteiger partial charge in [0.25, 0.3) is 0 Å². The molecule has 1 rings (SSSR count). The molecule has 0 aliphatic heterocycles. The van der Waals surface area contributed by atoms with E-state index in [0.29, 0.717) is 24.8 Å². The molecule has 5 heteroatoms. The van der Waals surface area contributed by atoms with Crippen molar-refractivity contribution in [3.05, 3.63) is 29.8 Å². The van der Waals surface area contributed by atoms with Gasteiger partial charge in [-0.1, -0.05) is 12.1 Å².